The van der Waals surface area contributed by atoms with Gasteiger partial charge < -0.3 is 5.11 Å². The van der Waals surface area contributed by atoms with E-state index in [-0.39, 0.29) is 0 Å². The Labute approximate surface area is 98.8 Å². The van der Waals surface area contributed by atoms with Crippen LogP contribution >= 0.6 is 0 Å². The smallest absolute Gasteiger partial charge is 0.475 e. The molecule has 1 N–H and O–H groups in total. The number of ketones is 1. The van der Waals surface area contributed by atoms with E-state index in [9.17, 15) is 31.2 Å². The first-order valence-electron chi connectivity index (χ1n) is 4.26. The summed E-state index contributed by atoms with van der Waals surface area (Å²) in [6.45, 7) is 0. The summed E-state index contributed by atoms with van der Waals surface area (Å²) in [5.41, 5.74) is -6.16. The molecule has 1 rings (SSSR count). The van der Waals surface area contributed by atoms with E-state index >= 15 is 0 Å². The van der Waals surface area contributed by atoms with E-state index in [0.29, 0.717) is 12.1 Å². The summed E-state index contributed by atoms with van der Waals surface area (Å²) in [5, 5.41) is 8.37. The van der Waals surface area contributed by atoms with Crippen LogP contribution < -0.4 is 0 Å². The van der Waals surface area contributed by atoms with Crippen molar-refractivity contribution < 1.29 is 36.3 Å². The van der Waals surface area contributed by atoms with E-state index in [1.54, 1.807) is 0 Å². The van der Waals surface area contributed by atoms with Crippen molar-refractivity contribution in [2.75, 3.05) is 0 Å². The Morgan fingerprint density at radius 3 is 2.17 bits per heavy atom. The first-order valence-corrected chi connectivity index (χ1v) is 5.74. The van der Waals surface area contributed by atoms with Crippen LogP contribution in [0.25, 0.3) is 0 Å². The van der Waals surface area contributed by atoms with Gasteiger partial charge in [-0.2, -0.15) is 13.2 Å². The molecule has 0 aliphatic rings. The van der Waals surface area contributed by atoms with E-state index in [1.165, 1.54) is 0 Å². The molecular weight excluding hydrogens is 277 g/mol. The highest BCUT2D eigenvalue weighted by atomic mass is 32.2. The van der Waals surface area contributed by atoms with Crippen molar-refractivity contribution >= 4 is 21.6 Å². The van der Waals surface area contributed by atoms with E-state index in [4.69, 9.17) is 5.11 Å². The average molecular weight is 282 g/mol. The van der Waals surface area contributed by atoms with Crippen LogP contribution in [0.5, 0.6) is 0 Å². The molecule has 0 spiro atoms. The third-order valence-corrected chi connectivity index (χ3v) is 3.39. The Morgan fingerprint density at radius 2 is 1.72 bits per heavy atom. The molecule has 0 radical (unpaired) electrons. The van der Waals surface area contributed by atoms with Crippen molar-refractivity contribution in [3.8, 4) is 0 Å². The van der Waals surface area contributed by atoms with E-state index in [1.807, 2.05) is 0 Å². The Hall–Kier alpha value is -1.90. The quantitative estimate of drug-likeness (QED) is 0.665. The maximum atomic E-state index is 12.2. The van der Waals surface area contributed by atoms with Crippen molar-refractivity contribution in [1.82, 2.24) is 0 Å². The van der Waals surface area contributed by atoms with Gasteiger partial charge >= 0.3 is 11.5 Å². The van der Waals surface area contributed by atoms with Gasteiger partial charge in [0.15, 0.2) is 0 Å². The minimum absolute atomic E-state index is 0.374. The second-order valence-electron chi connectivity index (χ2n) is 3.11. The first-order chi connectivity index (χ1) is 8.07. The maximum absolute atomic E-state index is 12.2. The van der Waals surface area contributed by atoms with Gasteiger partial charge in [-0.05, 0) is 12.1 Å². The van der Waals surface area contributed by atoms with E-state index in [2.05, 4.69) is 0 Å². The highest BCUT2D eigenvalue weighted by molar-refractivity contribution is 7.92. The summed E-state index contributed by atoms with van der Waals surface area (Å²) in [6.07, 6.45) is 0. The van der Waals surface area contributed by atoms with Crippen LogP contribution in [0.3, 0.4) is 0 Å². The molecule has 0 aliphatic carbocycles. The topological polar surface area (TPSA) is 88.5 Å². The predicted molar refractivity (Wildman–Crippen MR) is 51.6 cm³/mol. The lowest BCUT2D eigenvalue weighted by atomic mass is 10.1. The molecule has 1 aromatic carbocycles. The molecule has 5 nitrogen and oxygen atoms in total. The molecular formula is C9H5F3O5S. The number of carboxylic acid groups (broad SMARTS) is 1. The summed E-state index contributed by atoms with van der Waals surface area (Å²) in [4.78, 5) is 20.2. The highest BCUT2D eigenvalue weighted by Gasteiger charge is 2.47. The van der Waals surface area contributed by atoms with Gasteiger partial charge in [-0.3, -0.25) is 4.79 Å². The first kappa shape index (κ1) is 14.2. The minimum Gasteiger partial charge on any atom is -0.475 e. The number of halogens is 3. The van der Waals surface area contributed by atoms with Crippen molar-refractivity contribution in [2.24, 2.45) is 0 Å². The van der Waals surface area contributed by atoms with Crippen molar-refractivity contribution in [1.29, 1.82) is 0 Å². The molecule has 0 saturated heterocycles. The van der Waals surface area contributed by atoms with Crippen LogP contribution in [-0.4, -0.2) is 30.8 Å². The molecule has 18 heavy (non-hydrogen) atoms. The molecule has 0 aliphatic heterocycles. The predicted octanol–water partition coefficient (Wildman–Crippen LogP) is 1.25. The zero-order valence-corrected chi connectivity index (χ0v) is 9.25. The highest BCUT2D eigenvalue weighted by Crippen LogP contribution is 2.30. The van der Waals surface area contributed by atoms with Gasteiger partial charge in [0.05, 0.1) is 4.90 Å². The molecule has 9 heteroatoms. The Morgan fingerprint density at radius 1 is 1.17 bits per heavy atom. The third kappa shape index (κ3) is 2.50. The molecule has 0 unspecified atom stereocenters. The molecule has 1 aromatic rings. The number of hydrogen-bond acceptors (Lipinski definition) is 4. The fourth-order valence-corrected chi connectivity index (χ4v) is 1.87. The van der Waals surface area contributed by atoms with Gasteiger partial charge in [0.25, 0.3) is 15.6 Å². The molecule has 0 fully saturated rings. The number of Topliss-reactive ketones (excluding diaryl/α,β-unsaturated/α-hetero) is 1. The number of benzene rings is 1. The van der Waals surface area contributed by atoms with Crippen LogP contribution in [0.4, 0.5) is 13.2 Å². The summed E-state index contributed by atoms with van der Waals surface area (Å²) in [7, 11) is -5.60. The summed E-state index contributed by atoms with van der Waals surface area (Å²) in [5.74, 6) is -3.38. The van der Waals surface area contributed by atoms with Gasteiger partial charge in [-0.1, -0.05) is 12.1 Å². The summed E-state index contributed by atoms with van der Waals surface area (Å²) >= 11 is 0. The fraction of sp³-hybridized carbons (Fsp3) is 0.111. The number of alkyl halides is 3. The van der Waals surface area contributed by atoms with Gasteiger partial charge in [0, 0.05) is 5.56 Å². The minimum atomic E-state index is -5.60. The fourth-order valence-electron chi connectivity index (χ4n) is 1.06. The molecule has 0 atom stereocenters. The third-order valence-electron chi connectivity index (χ3n) is 1.91. The van der Waals surface area contributed by atoms with Gasteiger partial charge in [-0.15, -0.1) is 0 Å². The Bertz CT molecular complexity index is 603. The van der Waals surface area contributed by atoms with Gasteiger partial charge in [0.2, 0.25) is 0 Å². The lowest BCUT2D eigenvalue weighted by Gasteiger charge is -2.08. The Kier molecular flexibility index (Phi) is 3.47. The number of hydrogen-bond donors (Lipinski definition) is 1. The second-order valence-corrected chi connectivity index (χ2v) is 5.05. The zero-order valence-electron chi connectivity index (χ0n) is 8.43. The molecule has 0 amide bonds. The van der Waals surface area contributed by atoms with Crippen LogP contribution in [-0.2, 0) is 14.6 Å². The largest absolute Gasteiger partial charge is 0.501 e. The normalized spacial score (nSPS) is 12.2. The monoisotopic (exact) mass is 282 g/mol. The van der Waals surface area contributed by atoms with Crippen LogP contribution in [0.15, 0.2) is 29.2 Å². The number of rotatable bonds is 3. The summed E-state index contributed by atoms with van der Waals surface area (Å²) < 4.78 is 58.7. The Balaban J connectivity index is 3.35. The molecule has 0 heterocycles. The van der Waals surface area contributed by atoms with Crippen LogP contribution in [0, 0.1) is 0 Å². The van der Waals surface area contributed by atoms with E-state index < -0.39 is 37.6 Å². The van der Waals surface area contributed by atoms with E-state index in [0.717, 1.165) is 12.1 Å². The van der Waals surface area contributed by atoms with Crippen molar-refractivity contribution in [2.45, 2.75) is 10.4 Å². The maximum Gasteiger partial charge on any atom is 0.501 e. The van der Waals surface area contributed by atoms with Crippen molar-refractivity contribution in [3.63, 3.8) is 0 Å². The number of carbonyl (C=O) groups excluding carboxylic acids is 1. The molecule has 0 saturated carbocycles. The lowest BCUT2D eigenvalue weighted by Crippen LogP contribution is -2.23. The van der Waals surface area contributed by atoms with Crippen LogP contribution in [0.1, 0.15) is 10.4 Å². The lowest BCUT2D eigenvalue weighted by molar-refractivity contribution is -0.131. The zero-order chi connectivity index (χ0) is 14.1. The SMILES string of the molecule is O=C(O)C(=O)c1cccc(S(=O)(=O)C(F)(F)F)c1. The van der Waals surface area contributed by atoms with Crippen molar-refractivity contribution in [3.05, 3.63) is 29.8 Å². The van der Waals surface area contributed by atoms with Gasteiger partial charge in [0.1, 0.15) is 0 Å². The molecule has 98 valence electrons. The average Bonchev–Trinajstić information content (AvgIpc) is 2.26. The summed E-state index contributed by atoms with van der Waals surface area (Å²) in [6, 6.07) is 2.77. The number of carbonyl (C=O) groups is 2. The second kappa shape index (κ2) is 4.41. The van der Waals surface area contributed by atoms with Gasteiger partial charge in [-0.25, -0.2) is 13.2 Å². The number of sulfone groups is 1. The molecule has 0 aromatic heterocycles. The standard InChI is InChI=1S/C9H5F3O5S/c10-9(11,12)18(16,17)6-3-1-2-5(4-6)7(13)8(14)15/h1-4H,(H,14,15). The molecule has 0 bridgehead atoms. The van der Waals surface area contributed by atoms with Crippen LogP contribution in [0.2, 0.25) is 0 Å². The number of carboxylic acids is 1. The number of aliphatic carboxylic acids is 1.